The van der Waals surface area contributed by atoms with Crippen LogP contribution in [0.2, 0.25) is 0 Å². The number of hydrogen-bond donors (Lipinski definition) is 3. The molecule has 0 aliphatic heterocycles. The first-order chi connectivity index (χ1) is 8.88. The van der Waals surface area contributed by atoms with Gasteiger partial charge in [0.25, 0.3) is 0 Å². The third-order valence-electron chi connectivity index (χ3n) is 2.47. The predicted molar refractivity (Wildman–Crippen MR) is 68.1 cm³/mol. The van der Waals surface area contributed by atoms with Gasteiger partial charge >= 0.3 is 11.9 Å². The largest absolute Gasteiger partial charge is 0.481 e. The molecule has 0 aliphatic rings. The van der Waals surface area contributed by atoms with E-state index >= 15 is 0 Å². The average molecular weight is 265 g/mol. The van der Waals surface area contributed by atoms with Gasteiger partial charge in [-0.3, -0.25) is 9.59 Å². The second-order valence-corrected chi connectivity index (χ2v) is 4.34. The number of carbonyl (C=O) groups excluding carboxylic acids is 1. The molecule has 1 aromatic carbocycles. The minimum atomic E-state index is -1.03. The molecule has 1 atom stereocenters. The number of carboxylic acid groups (broad SMARTS) is 2. The first-order valence-electron chi connectivity index (χ1n) is 5.73. The minimum absolute atomic E-state index is 0.0641. The van der Waals surface area contributed by atoms with Gasteiger partial charge in [0.05, 0.1) is 5.56 Å². The molecule has 1 amide bonds. The second kappa shape index (κ2) is 6.53. The number of anilines is 1. The lowest BCUT2D eigenvalue weighted by Crippen LogP contribution is -2.17. The SMILES string of the molecule is C[C@H](CC(=O)O)CC(=O)Nc1ccc(C(=O)O)cc1. The van der Waals surface area contributed by atoms with Crippen LogP contribution in [0.15, 0.2) is 24.3 Å². The van der Waals surface area contributed by atoms with E-state index in [1.54, 1.807) is 6.92 Å². The molecule has 0 radical (unpaired) electrons. The fourth-order valence-electron chi connectivity index (χ4n) is 1.59. The van der Waals surface area contributed by atoms with Crippen molar-refractivity contribution in [3.05, 3.63) is 29.8 Å². The number of carbonyl (C=O) groups is 3. The van der Waals surface area contributed by atoms with E-state index in [4.69, 9.17) is 10.2 Å². The molecule has 0 fully saturated rings. The Hall–Kier alpha value is -2.37. The van der Waals surface area contributed by atoms with Crippen LogP contribution in [0, 0.1) is 5.92 Å². The molecule has 0 saturated carbocycles. The highest BCUT2D eigenvalue weighted by atomic mass is 16.4. The number of aliphatic carboxylic acids is 1. The van der Waals surface area contributed by atoms with E-state index in [0.29, 0.717) is 5.69 Å². The second-order valence-electron chi connectivity index (χ2n) is 4.34. The summed E-state index contributed by atoms with van der Waals surface area (Å²) in [6.07, 6.45) is 0.0400. The zero-order valence-corrected chi connectivity index (χ0v) is 10.4. The van der Waals surface area contributed by atoms with Crippen molar-refractivity contribution in [1.29, 1.82) is 0 Å². The van der Waals surface area contributed by atoms with Crippen LogP contribution in [0.5, 0.6) is 0 Å². The van der Waals surface area contributed by atoms with Crippen molar-refractivity contribution < 1.29 is 24.6 Å². The third-order valence-corrected chi connectivity index (χ3v) is 2.47. The van der Waals surface area contributed by atoms with Gasteiger partial charge < -0.3 is 15.5 Å². The van der Waals surface area contributed by atoms with Gasteiger partial charge in [-0.1, -0.05) is 6.92 Å². The lowest BCUT2D eigenvalue weighted by atomic mass is 10.0. The van der Waals surface area contributed by atoms with Gasteiger partial charge in [0.15, 0.2) is 0 Å². The maximum Gasteiger partial charge on any atom is 0.335 e. The van der Waals surface area contributed by atoms with E-state index in [0.717, 1.165) is 0 Å². The molecule has 1 rings (SSSR count). The quantitative estimate of drug-likeness (QED) is 0.727. The summed E-state index contributed by atoms with van der Waals surface area (Å²) < 4.78 is 0. The molecule has 1 aromatic rings. The molecule has 0 saturated heterocycles. The summed E-state index contributed by atoms with van der Waals surface area (Å²) in [5.74, 6) is -2.52. The van der Waals surface area contributed by atoms with Crippen LogP contribution in [-0.4, -0.2) is 28.1 Å². The Balaban J connectivity index is 2.52. The lowest BCUT2D eigenvalue weighted by Gasteiger charge is -2.09. The predicted octanol–water partition coefficient (Wildman–Crippen LogP) is 1.82. The van der Waals surface area contributed by atoms with Crippen LogP contribution in [-0.2, 0) is 9.59 Å². The van der Waals surface area contributed by atoms with Crippen molar-refractivity contribution in [2.24, 2.45) is 5.92 Å². The molecule has 0 spiro atoms. The molecule has 6 heteroatoms. The fourth-order valence-corrected chi connectivity index (χ4v) is 1.59. The number of benzene rings is 1. The standard InChI is InChI=1S/C13H15NO5/c1-8(7-12(16)17)6-11(15)14-10-4-2-9(3-5-10)13(18)19/h2-5,8H,6-7H2,1H3,(H,14,15)(H,16,17)(H,18,19)/t8-/m0/s1. The van der Waals surface area contributed by atoms with Gasteiger partial charge in [-0.25, -0.2) is 4.79 Å². The van der Waals surface area contributed by atoms with Crippen LogP contribution in [0.25, 0.3) is 0 Å². The van der Waals surface area contributed by atoms with Crippen molar-refractivity contribution in [2.75, 3.05) is 5.32 Å². The number of aromatic carboxylic acids is 1. The lowest BCUT2D eigenvalue weighted by molar-refractivity contribution is -0.138. The van der Waals surface area contributed by atoms with Gasteiger partial charge in [-0.2, -0.15) is 0 Å². The summed E-state index contributed by atoms with van der Waals surface area (Å²) in [5, 5.41) is 19.9. The third kappa shape index (κ3) is 5.20. The Morgan fingerprint density at radius 1 is 1.11 bits per heavy atom. The molecule has 0 aromatic heterocycles. The molecule has 6 nitrogen and oxygen atoms in total. The molecule has 0 aliphatic carbocycles. The van der Waals surface area contributed by atoms with Crippen LogP contribution in [0.3, 0.4) is 0 Å². The van der Waals surface area contributed by atoms with Gasteiger partial charge in [-0.05, 0) is 30.2 Å². The van der Waals surface area contributed by atoms with Crippen LogP contribution >= 0.6 is 0 Å². The summed E-state index contributed by atoms with van der Waals surface area (Å²) in [5.41, 5.74) is 0.620. The minimum Gasteiger partial charge on any atom is -0.481 e. The molecular formula is C13H15NO5. The average Bonchev–Trinajstić information content (AvgIpc) is 2.27. The van der Waals surface area contributed by atoms with Crippen LogP contribution < -0.4 is 5.32 Å². The Bertz CT molecular complexity index is 480. The first kappa shape index (κ1) is 14.7. The van der Waals surface area contributed by atoms with Crippen molar-refractivity contribution in [3.63, 3.8) is 0 Å². The molecule has 102 valence electrons. The van der Waals surface area contributed by atoms with E-state index in [2.05, 4.69) is 5.32 Å². The van der Waals surface area contributed by atoms with Crippen molar-refractivity contribution >= 4 is 23.5 Å². The van der Waals surface area contributed by atoms with Gasteiger partial charge in [0.2, 0.25) is 5.91 Å². The van der Waals surface area contributed by atoms with Crippen LogP contribution in [0.1, 0.15) is 30.1 Å². The molecule has 0 heterocycles. The topological polar surface area (TPSA) is 104 Å². The summed E-state index contributed by atoms with van der Waals surface area (Å²) >= 11 is 0. The van der Waals surface area contributed by atoms with E-state index in [-0.39, 0.29) is 30.2 Å². The highest BCUT2D eigenvalue weighted by Gasteiger charge is 2.12. The Morgan fingerprint density at radius 2 is 1.68 bits per heavy atom. The summed E-state index contributed by atoms with van der Waals surface area (Å²) in [7, 11) is 0. The van der Waals surface area contributed by atoms with Gasteiger partial charge in [-0.15, -0.1) is 0 Å². The molecule has 0 unspecified atom stereocenters. The monoisotopic (exact) mass is 265 g/mol. The van der Waals surface area contributed by atoms with E-state index in [1.807, 2.05) is 0 Å². The van der Waals surface area contributed by atoms with E-state index in [1.165, 1.54) is 24.3 Å². The highest BCUT2D eigenvalue weighted by Crippen LogP contribution is 2.12. The normalized spacial score (nSPS) is 11.6. The molecule has 0 bridgehead atoms. The van der Waals surface area contributed by atoms with E-state index in [9.17, 15) is 14.4 Å². The number of carboxylic acids is 2. The molecule has 19 heavy (non-hydrogen) atoms. The summed E-state index contributed by atoms with van der Waals surface area (Å²) in [6.45, 7) is 1.68. The summed E-state index contributed by atoms with van der Waals surface area (Å²) in [4.78, 5) is 32.7. The maximum absolute atomic E-state index is 11.6. The molecule has 3 N–H and O–H groups in total. The first-order valence-corrected chi connectivity index (χ1v) is 5.73. The zero-order valence-electron chi connectivity index (χ0n) is 10.4. The molecular weight excluding hydrogens is 250 g/mol. The fraction of sp³-hybridized carbons (Fsp3) is 0.308. The highest BCUT2D eigenvalue weighted by molar-refractivity contribution is 5.92. The number of amides is 1. The Kier molecular flexibility index (Phi) is 5.05. The van der Waals surface area contributed by atoms with Crippen molar-refractivity contribution in [2.45, 2.75) is 19.8 Å². The van der Waals surface area contributed by atoms with Gasteiger partial charge in [0, 0.05) is 18.5 Å². The maximum atomic E-state index is 11.6. The number of rotatable bonds is 6. The number of hydrogen-bond acceptors (Lipinski definition) is 3. The van der Waals surface area contributed by atoms with Crippen LogP contribution in [0.4, 0.5) is 5.69 Å². The van der Waals surface area contributed by atoms with Crippen molar-refractivity contribution in [1.82, 2.24) is 0 Å². The summed E-state index contributed by atoms with van der Waals surface area (Å²) in [6, 6.07) is 5.75. The Morgan fingerprint density at radius 3 is 2.16 bits per heavy atom. The van der Waals surface area contributed by atoms with E-state index < -0.39 is 11.9 Å². The number of nitrogens with one attached hydrogen (secondary N) is 1. The van der Waals surface area contributed by atoms with Crippen molar-refractivity contribution in [3.8, 4) is 0 Å². The smallest absolute Gasteiger partial charge is 0.335 e. The Labute approximate surface area is 110 Å². The zero-order chi connectivity index (χ0) is 14.4. The van der Waals surface area contributed by atoms with Gasteiger partial charge in [0.1, 0.15) is 0 Å².